The lowest BCUT2D eigenvalue weighted by molar-refractivity contribution is -0.125. The van der Waals surface area contributed by atoms with Crippen molar-refractivity contribution in [1.82, 2.24) is 20.2 Å². The normalized spacial score (nSPS) is 21.8. The molecular formula is C28H39N7O3. The summed E-state index contributed by atoms with van der Waals surface area (Å²) in [6, 6.07) is 5.84. The number of aromatic nitrogens is 2. The lowest BCUT2D eigenvalue weighted by atomic mass is 9.91. The minimum atomic E-state index is -0.542. The Hall–Kier alpha value is -3.40. The van der Waals surface area contributed by atoms with E-state index in [1.165, 1.54) is 12.8 Å². The van der Waals surface area contributed by atoms with E-state index in [9.17, 15) is 9.59 Å². The Bertz CT molecular complexity index is 1210. The minimum Gasteiger partial charge on any atom is -0.495 e. The van der Waals surface area contributed by atoms with Crippen molar-refractivity contribution in [2.24, 2.45) is 5.41 Å². The fourth-order valence-corrected chi connectivity index (χ4v) is 5.90. The highest BCUT2D eigenvalue weighted by Crippen LogP contribution is 2.40. The molecule has 0 bridgehead atoms. The molecule has 1 atom stereocenters. The molecule has 10 heteroatoms. The summed E-state index contributed by atoms with van der Waals surface area (Å²) in [6.07, 6.45) is 7.23. The van der Waals surface area contributed by atoms with Gasteiger partial charge in [0, 0.05) is 37.8 Å². The number of rotatable bonds is 6. The fraction of sp³-hybridized carbons (Fsp3) is 0.571. The molecule has 10 nitrogen and oxygen atoms in total. The predicted octanol–water partition coefficient (Wildman–Crippen LogP) is 3.41. The number of nitrogens with one attached hydrogen (secondary N) is 2. The van der Waals surface area contributed by atoms with Crippen LogP contribution in [-0.4, -0.2) is 79.6 Å². The van der Waals surface area contributed by atoms with E-state index in [1.54, 1.807) is 37.4 Å². The van der Waals surface area contributed by atoms with Gasteiger partial charge in [-0.05, 0) is 64.9 Å². The number of methoxy groups -OCH3 is 1. The smallest absolute Gasteiger partial charge is 0.251 e. The van der Waals surface area contributed by atoms with Gasteiger partial charge in [0.05, 0.1) is 24.4 Å². The molecule has 0 spiro atoms. The third kappa shape index (κ3) is 5.14. The molecule has 204 valence electrons. The number of carbonyl (C=O) groups is 2. The summed E-state index contributed by atoms with van der Waals surface area (Å²) < 4.78 is 5.62. The Morgan fingerprint density at radius 2 is 1.92 bits per heavy atom. The van der Waals surface area contributed by atoms with Crippen LogP contribution in [0.5, 0.6) is 5.75 Å². The third-order valence-electron chi connectivity index (χ3n) is 8.03. The predicted molar refractivity (Wildman–Crippen MR) is 148 cm³/mol. The molecule has 2 aromatic rings. The number of hydrogen-bond donors (Lipinski definition) is 2. The van der Waals surface area contributed by atoms with Crippen molar-refractivity contribution in [3.05, 3.63) is 30.0 Å². The van der Waals surface area contributed by atoms with Crippen molar-refractivity contribution < 1.29 is 14.3 Å². The highest BCUT2D eigenvalue weighted by molar-refractivity contribution is 6.01. The Kier molecular flexibility index (Phi) is 7.17. The van der Waals surface area contributed by atoms with Crippen molar-refractivity contribution in [2.75, 3.05) is 56.0 Å². The number of nitrogens with zero attached hydrogens (tertiary/aromatic N) is 5. The van der Waals surface area contributed by atoms with Crippen molar-refractivity contribution in [1.29, 1.82) is 0 Å². The summed E-state index contributed by atoms with van der Waals surface area (Å²) >= 11 is 0. The van der Waals surface area contributed by atoms with Gasteiger partial charge in [-0.1, -0.05) is 12.8 Å². The first-order valence-electron chi connectivity index (χ1n) is 13.5. The van der Waals surface area contributed by atoms with Crippen LogP contribution in [-0.2, 0) is 4.79 Å². The van der Waals surface area contributed by atoms with Crippen LogP contribution in [0.4, 0.5) is 23.1 Å². The number of ether oxygens (including phenoxy) is 1. The molecule has 1 aromatic heterocycles. The highest BCUT2D eigenvalue weighted by Gasteiger charge is 2.41. The molecule has 2 N–H and O–H groups in total. The van der Waals surface area contributed by atoms with Crippen LogP contribution in [0, 0.1) is 5.41 Å². The number of benzene rings is 1. The van der Waals surface area contributed by atoms with Crippen LogP contribution in [0.25, 0.3) is 0 Å². The van der Waals surface area contributed by atoms with Crippen molar-refractivity contribution in [3.8, 4) is 5.75 Å². The monoisotopic (exact) mass is 521 g/mol. The maximum atomic E-state index is 13.2. The van der Waals surface area contributed by atoms with Crippen molar-refractivity contribution in [2.45, 2.75) is 58.0 Å². The third-order valence-corrected chi connectivity index (χ3v) is 8.03. The van der Waals surface area contributed by atoms with E-state index in [0.717, 1.165) is 43.9 Å². The van der Waals surface area contributed by atoms with Crippen LogP contribution in [0.2, 0.25) is 0 Å². The van der Waals surface area contributed by atoms with E-state index in [4.69, 9.17) is 9.72 Å². The molecule has 3 aliphatic rings. The Labute approximate surface area is 224 Å². The van der Waals surface area contributed by atoms with Gasteiger partial charge in [-0.3, -0.25) is 9.59 Å². The second-order valence-electron chi connectivity index (χ2n) is 11.5. The molecule has 3 heterocycles. The summed E-state index contributed by atoms with van der Waals surface area (Å²) in [6.45, 7) is 6.44. The first-order valence-corrected chi connectivity index (χ1v) is 13.5. The highest BCUT2D eigenvalue weighted by atomic mass is 16.5. The first-order chi connectivity index (χ1) is 18.2. The minimum absolute atomic E-state index is 0.0586. The molecular weight excluding hydrogens is 482 g/mol. The SMILES string of the molecule is COc1cc(C(=O)N[C@@H]2CCN(C)C2)ccc1Nc1ncc2c(n1)N(C1CCCC1)CC(C)(C)C(=O)N2C. The van der Waals surface area contributed by atoms with Gasteiger partial charge in [-0.25, -0.2) is 4.98 Å². The largest absolute Gasteiger partial charge is 0.495 e. The van der Waals surface area contributed by atoms with Gasteiger partial charge in [0.1, 0.15) is 11.4 Å². The summed E-state index contributed by atoms with van der Waals surface area (Å²) in [5, 5.41) is 6.39. The zero-order valence-electron chi connectivity index (χ0n) is 23.1. The van der Waals surface area contributed by atoms with Gasteiger partial charge < -0.3 is 30.1 Å². The van der Waals surface area contributed by atoms with Gasteiger partial charge in [0.2, 0.25) is 11.9 Å². The summed E-state index contributed by atoms with van der Waals surface area (Å²) in [5.74, 6) is 1.66. The van der Waals surface area contributed by atoms with Crippen molar-refractivity contribution in [3.63, 3.8) is 0 Å². The van der Waals surface area contributed by atoms with E-state index >= 15 is 0 Å². The van der Waals surface area contributed by atoms with E-state index in [1.807, 2.05) is 19.9 Å². The van der Waals surface area contributed by atoms with Crippen LogP contribution in [0.1, 0.15) is 56.3 Å². The topological polar surface area (TPSA) is 103 Å². The number of carbonyl (C=O) groups excluding carboxylic acids is 2. The maximum Gasteiger partial charge on any atom is 0.251 e. The summed E-state index contributed by atoms with van der Waals surface area (Å²) in [5.41, 5.74) is 1.38. The molecule has 1 saturated carbocycles. The van der Waals surface area contributed by atoms with E-state index in [0.29, 0.717) is 35.5 Å². The van der Waals surface area contributed by atoms with Gasteiger partial charge in [-0.2, -0.15) is 4.98 Å². The molecule has 2 amide bonds. The van der Waals surface area contributed by atoms with Crippen LogP contribution in [0.15, 0.2) is 24.4 Å². The summed E-state index contributed by atoms with van der Waals surface area (Å²) in [4.78, 5) is 41.8. The van der Waals surface area contributed by atoms with Gasteiger partial charge in [0.15, 0.2) is 5.82 Å². The zero-order valence-corrected chi connectivity index (χ0v) is 23.1. The average molecular weight is 522 g/mol. The number of hydrogen-bond acceptors (Lipinski definition) is 8. The molecule has 0 unspecified atom stereocenters. The van der Waals surface area contributed by atoms with Crippen LogP contribution >= 0.6 is 0 Å². The second-order valence-corrected chi connectivity index (χ2v) is 11.5. The number of amides is 2. The quantitative estimate of drug-likeness (QED) is 0.596. The summed E-state index contributed by atoms with van der Waals surface area (Å²) in [7, 11) is 5.44. The first kappa shape index (κ1) is 26.2. The average Bonchev–Trinajstić information content (AvgIpc) is 3.57. The molecule has 0 radical (unpaired) electrons. The van der Waals surface area contributed by atoms with Gasteiger partial charge >= 0.3 is 0 Å². The number of likely N-dealkylation sites (N-methyl/N-ethyl adjacent to an activating group) is 1. The molecule has 5 rings (SSSR count). The fourth-order valence-electron chi connectivity index (χ4n) is 5.90. The number of likely N-dealkylation sites (tertiary alicyclic amines) is 1. The molecule has 1 aliphatic carbocycles. The number of fused-ring (bicyclic) bond motifs is 1. The van der Waals surface area contributed by atoms with Gasteiger partial charge in [-0.15, -0.1) is 0 Å². The molecule has 1 aromatic carbocycles. The number of anilines is 4. The Morgan fingerprint density at radius 3 is 2.61 bits per heavy atom. The lowest BCUT2D eigenvalue weighted by Crippen LogP contribution is -2.45. The van der Waals surface area contributed by atoms with Crippen LogP contribution in [0.3, 0.4) is 0 Å². The molecule has 2 aliphatic heterocycles. The Morgan fingerprint density at radius 1 is 1.16 bits per heavy atom. The maximum absolute atomic E-state index is 13.2. The van der Waals surface area contributed by atoms with E-state index < -0.39 is 5.41 Å². The van der Waals surface area contributed by atoms with E-state index in [2.05, 4.69) is 32.5 Å². The van der Waals surface area contributed by atoms with Gasteiger partial charge in [0.25, 0.3) is 5.91 Å². The molecule has 38 heavy (non-hydrogen) atoms. The standard InChI is InChI=1S/C28H39N7O3/c1-28(2)17-35(20-8-6-7-9-20)24-22(34(4)26(28)37)15-29-27(32-24)31-21-11-10-18(14-23(21)38-5)25(36)30-19-12-13-33(3)16-19/h10-11,14-15,19-20H,6-9,12-13,16-17H2,1-5H3,(H,30,36)(H,29,31,32)/t19-/m1/s1. The van der Waals surface area contributed by atoms with E-state index in [-0.39, 0.29) is 17.9 Å². The Balaban J connectivity index is 1.41. The lowest BCUT2D eigenvalue weighted by Gasteiger charge is -2.34. The second kappa shape index (κ2) is 10.4. The molecule has 2 fully saturated rings. The zero-order chi connectivity index (χ0) is 27.0. The molecule has 1 saturated heterocycles. The van der Waals surface area contributed by atoms with Crippen LogP contribution < -0.4 is 25.2 Å². The van der Waals surface area contributed by atoms with Crippen molar-refractivity contribution >= 4 is 35.0 Å².